The van der Waals surface area contributed by atoms with E-state index in [0.717, 1.165) is 23.4 Å². The van der Waals surface area contributed by atoms with Crippen molar-refractivity contribution in [2.24, 2.45) is 0 Å². The third kappa shape index (κ3) is 2.16. The summed E-state index contributed by atoms with van der Waals surface area (Å²) >= 11 is 0. The van der Waals surface area contributed by atoms with Gasteiger partial charge in [-0.3, -0.25) is 4.79 Å². The van der Waals surface area contributed by atoms with Crippen LogP contribution in [0.3, 0.4) is 0 Å². The minimum absolute atomic E-state index is 0.291. The lowest BCUT2D eigenvalue weighted by Crippen LogP contribution is -2.43. The van der Waals surface area contributed by atoms with Crippen molar-refractivity contribution >= 4 is 11.9 Å². The molecule has 4 rings (SSSR count). The van der Waals surface area contributed by atoms with E-state index < -0.39 is 12.0 Å². The second-order valence-electron chi connectivity index (χ2n) is 5.68. The lowest BCUT2D eigenvalue weighted by atomic mass is 10.0. The molecule has 0 radical (unpaired) electrons. The second-order valence-corrected chi connectivity index (χ2v) is 5.68. The fraction of sp³-hybridized carbons (Fsp3) is 0.312. The van der Waals surface area contributed by atoms with Gasteiger partial charge in [0.2, 0.25) is 0 Å². The van der Waals surface area contributed by atoms with Gasteiger partial charge in [0.25, 0.3) is 5.91 Å². The summed E-state index contributed by atoms with van der Waals surface area (Å²) in [5.41, 5.74) is 2.67. The largest absolute Gasteiger partial charge is 0.493 e. The minimum atomic E-state index is -1.07. The Bertz CT molecular complexity index is 798. The number of carboxylic acid groups (broad SMARTS) is 1. The SMILES string of the molecule is O=C(O)C1c2nc[nH]c2CCN1C(=O)c1ccc2c(c1)CCO2. The zero-order valence-corrected chi connectivity index (χ0v) is 12.3. The van der Waals surface area contributed by atoms with Gasteiger partial charge >= 0.3 is 5.97 Å². The van der Waals surface area contributed by atoms with Crippen LogP contribution in [0.5, 0.6) is 5.75 Å². The standard InChI is InChI=1S/C16H15N3O4/c20-15(10-1-2-12-9(7-10)4-6-23-12)19-5-3-11-13(18-8-17-11)14(19)16(21)22/h1-2,7-8,14H,3-6H2,(H,17,18)(H,21,22). The van der Waals surface area contributed by atoms with Gasteiger partial charge in [-0.2, -0.15) is 0 Å². The summed E-state index contributed by atoms with van der Waals surface area (Å²) < 4.78 is 5.44. The van der Waals surface area contributed by atoms with Crippen LogP contribution >= 0.6 is 0 Å². The quantitative estimate of drug-likeness (QED) is 0.867. The Balaban J connectivity index is 1.69. The van der Waals surface area contributed by atoms with E-state index in [2.05, 4.69) is 9.97 Å². The highest BCUT2D eigenvalue weighted by Gasteiger charge is 2.38. The lowest BCUT2D eigenvalue weighted by Gasteiger charge is -2.32. The van der Waals surface area contributed by atoms with Gasteiger partial charge in [0.15, 0.2) is 6.04 Å². The predicted octanol–water partition coefficient (Wildman–Crippen LogP) is 1.17. The summed E-state index contributed by atoms with van der Waals surface area (Å²) in [4.78, 5) is 32.9. The van der Waals surface area contributed by atoms with Crippen molar-refractivity contribution in [1.29, 1.82) is 0 Å². The molecule has 0 spiro atoms. The van der Waals surface area contributed by atoms with Crippen molar-refractivity contribution in [1.82, 2.24) is 14.9 Å². The predicted molar refractivity (Wildman–Crippen MR) is 79.3 cm³/mol. The molecule has 0 aliphatic carbocycles. The third-order valence-corrected chi connectivity index (χ3v) is 4.36. The van der Waals surface area contributed by atoms with Crippen molar-refractivity contribution in [3.63, 3.8) is 0 Å². The molecule has 118 valence electrons. The first-order valence-corrected chi connectivity index (χ1v) is 7.47. The molecule has 2 aliphatic heterocycles. The van der Waals surface area contributed by atoms with E-state index in [1.165, 1.54) is 11.2 Å². The Morgan fingerprint density at radius 1 is 1.35 bits per heavy atom. The number of carboxylic acids is 1. The highest BCUT2D eigenvalue weighted by molar-refractivity contribution is 5.97. The molecule has 2 N–H and O–H groups in total. The summed E-state index contributed by atoms with van der Waals surface area (Å²) in [5, 5.41) is 9.56. The van der Waals surface area contributed by atoms with Crippen molar-refractivity contribution in [2.75, 3.05) is 13.2 Å². The topological polar surface area (TPSA) is 95.5 Å². The Hall–Kier alpha value is -2.83. The number of H-pyrrole nitrogens is 1. The van der Waals surface area contributed by atoms with Crippen molar-refractivity contribution in [3.05, 3.63) is 47.0 Å². The average Bonchev–Trinajstić information content (AvgIpc) is 3.20. The van der Waals surface area contributed by atoms with Crippen LogP contribution in [0.15, 0.2) is 24.5 Å². The zero-order chi connectivity index (χ0) is 16.0. The molecule has 1 aromatic heterocycles. The number of nitrogens with zero attached hydrogens (tertiary/aromatic N) is 2. The molecular weight excluding hydrogens is 298 g/mol. The van der Waals surface area contributed by atoms with E-state index >= 15 is 0 Å². The monoisotopic (exact) mass is 313 g/mol. The summed E-state index contributed by atoms with van der Waals surface area (Å²) in [6.07, 6.45) is 2.81. The maximum Gasteiger partial charge on any atom is 0.332 e. The molecule has 1 unspecified atom stereocenters. The van der Waals surface area contributed by atoms with Gasteiger partial charge in [-0.25, -0.2) is 9.78 Å². The second kappa shape index (κ2) is 5.12. The average molecular weight is 313 g/mol. The Labute approximate surface area is 131 Å². The first kappa shape index (κ1) is 13.8. The lowest BCUT2D eigenvalue weighted by molar-refractivity contribution is -0.143. The summed E-state index contributed by atoms with van der Waals surface area (Å²) in [6.45, 7) is 0.962. The normalized spacial score (nSPS) is 19.0. The number of hydrogen-bond donors (Lipinski definition) is 2. The van der Waals surface area contributed by atoms with Gasteiger partial charge in [0, 0.05) is 30.6 Å². The molecule has 23 heavy (non-hydrogen) atoms. The number of fused-ring (bicyclic) bond motifs is 2. The van der Waals surface area contributed by atoms with Crippen molar-refractivity contribution in [2.45, 2.75) is 18.9 Å². The maximum atomic E-state index is 12.8. The number of aromatic nitrogens is 2. The molecule has 0 bridgehead atoms. The van der Waals surface area contributed by atoms with Crippen LogP contribution in [-0.4, -0.2) is 45.0 Å². The van der Waals surface area contributed by atoms with Crippen molar-refractivity contribution in [3.8, 4) is 5.75 Å². The van der Waals surface area contributed by atoms with Crippen LogP contribution in [0.2, 0.25) is 0 Å². The molecule has 1 aromatic carbocycles. The molecule has 7 heteroatoms. The fourth-order valence-corrected chi connectivity index (χ4v) is 3.23. The van der Waals surface area contributed by atoms with Crippen LogP contribution in [0.1, 0.15) is 33.4 Å². The molecule has 2 aliphatic rings. The van der Waals surface area contributed by atoms with E-state index in [1.807, 2.05) is 0 Å². The molecule has 0 saturated heterocycles. The van der Waals surface area contributed by atoms with E-state index in [4.69, 9.17) is 4.74 Å². The molecule has 2 aromatic rings. The number of benzene rings is 1. The number of amides is 1. The molecule has 1 atom stereocenters. The Morgan fingerprint density at radius 2 is 2.22 bits per heavy atom. The number of carbonyl (C=O) groups is 2. The van der Waals surface area contributed by atoms with Crippen LogP contribution in [0.4, 0.5) is 0 Å². The minimum Gasteiger partial charge on any atom is -0.493 e. The molecule has 0 fully saturated rings. The Kier molecular flexibility index (Phi) is 3.07. The highest BCUT2D eigenvalue weighted by atomic mass is 16.5. The highest BCUT2D eigenvalue weighted by Crippen LogP contribution is 2.31. The van der Waals surface area contributed by atoms with Crippen LogP contribution < -0.4 is 4.74 Å². The summed E-state index contributed by atoms with van der Waals surface area (Å²) in [5.74, 6) is -0.568. The molecule has 0 saturated carbocycles. The molecular formula is C16H15N3O4. The number of aromatic amines is 1. The van der Waals surface area contributed by atoms with E-state index in [1.54, 1.807) is 18.2 Å². The number of nitrogens with one attached hydrogen (secondary N) is 1. The fourth-order valence-electron chi connectivity index (χ4n) is 3.23. The number of imidazole rings is 1. The first-order valence-electron chi connectivity index (χ1n) is 7.47. The number of carbonyl (C=O) groups excluding carboxylic acids is 1. The third-order valence-electron chi connectivity index (χ3n) is 4.36. The van der Waals surface area contributed by atoms with Crippen LogP contribution in [0.25, 0.3) is 0 Å². The van der Waals surface area contributed by atoms with Gasteiger partial charge in [-0.05, 0) is 23.8 Å². The number of hydrogen-bond acceptors (Lipinski definition) is 4. The van der Waals surface area contributed by atoms with E-state index in [0.29, 0.717) is 30.8 Å². The van der Waals surface area contributed by atoms with E-state index in [-0.39, 0.29) is 5.91 Å². The van der Waals surface area contributed by atoms with Gasteiger partial charge < -0.3 is 19.7 Å². The number of ether oxygens (including phenoxy) is 1. The van der Waals surface area contributed by atoms with E-state index in [9.17, 15) is 14.7 Å². The summed E-state index contributed by atoms with van der Waals surface area (Å²) in [7, 11) is 0. The van der Waals surface area contributed by atoms with Crippen molar-refractivity contribution < 1.29 is 19.4 Å². The smallest absolute Gasteiger partial charge is 0.332 e. The van der Waals surface area contributed by atoms with Gasteiger partial charge in [0.05, 0.1) is 18.6 Å². The maximum absolute atomic E-state index is 12.8. The van der Waals surface area contributed by atoms with Gasteiger partial charge in [-0.15, -0.1) is 0 Å². The Morgan fingerprint density at radius 3 is 3.04 bits per heavy atom. The van der Waals surface area contributed by atoms with Crippen LogP contribution in [-0.2, 0) is 17.6 Å². The number of aliphatic carboxylic acids is 1. The molecule has 3 heterocycles. The van der Waals surface area contributed by atoms with Crippen LogP contribution in [0, 0.1) is 0 Å². The van der Waals surface area contributed by atoms with Gasteiger partial charge in [0.1, 0.15) is 5.75 Å². The number of rotatable bonds is 2. The molecule has 7 nitrogen and oxygen atoms in total. The summed E-state index contributed by atoms with van der Waals surface area (Å²) in [6, 6.07) is 4.20. The zero-order valence-electron chi connectivity index (χ0n) is 12.3. The molecule has 1 amide bonds. The first-order chi connectivity index (χ1) is 11.1. The van der Waals surface area contributed by atoms with Gasteiger partial charge in [-0.1, -0.05) is 0 Å².